The number of rotatable bonds is 7. The molecule has 0 aromatic heterocycles. The van der Waals surface area contributed by atoms with Crippen LogP contribution in [-0.2, 0) is 14.8 Å². The number of aryl methyl sites for hydroxylation is 1. The molecule has 0 aliphatic carbocycles. The summed E-state index contributed by atoms with van der Waals surface area (Å²) in [6.45, 7) is 2.94. The van der Waals surface area contributed by atoms with E-state index in [1.54, 1.807) is 37.3 Å². The van der Waals surface area contributed by atoms with Crippen LogP contribution in [0.5, 0.6) is 0 Å². The zero-order valence-corrected chi connectivity index (χ0v) is 18.9. The fraction of sp³-hybridized carbons (Fsp3) is 0.136. The predicted octanol–water partition coefficient (Wildman–Crippen LogP) is 4.70. The molecule has 0 spiro atoms. The van der Waals surface area contributed by atoms with E-state index >= 15 is 0 Å². The molecule has 0 atom stereocenters. The Morgan fingerprint density at radius 1 is 1.06 bits per heavy atom. The SMILES string of the molecule is Cc1ccc(S(=O)(=O)N(CC(=O)Nc2cccc([N+](=O)[O-])c2)c2cccc(Cl)c2C)cc1. The van der Waals surface area contributed by atoms with E-state index in [-0.39, 0.29) is 22.0 Å². The Labute approximate surface area is 190 Å². The van der Waals surface area contributed by atoms with E-state index in [1.807, 2.05) is 6.92 Å². The molecule has 0 fully saturated rings. The monoisotopic (exact) mass is 473 g/mol. The van der Waals surface area contributed by atoms with Crippen LogP contribution < -0.4 is 9.62 Å². The average molecular weight is 474 g/mol. The molecule has 3 rings (SSSR count). The molecular weight excluding hydrogens is 454 g/mol. The number of benzene rings is 3. The van der Waals surface area contributed by atoms with E-state index in [0.29, 0.717) is 10.6 Å². The summed E-state index contributed by atoms with van der Waals surface area (Å²) in [5.74, 6) is -0.666. The number of nitrogens with zero attached hydrogens (tertiary/aromatic N) is 2. The molecule has 3 aromatic rings. The number of halogens is 1. The van der Waals surface area contributed by atoms with Crippen molar-refractivity contribution in [3.8, 4) is 0 Å². The number of carbonyl (C=O) groups is 1. The smallest absolute Gasteiger partial charge is 0.271 e. The van der Waals surface area contributed by atoms with Crippen LogP contribution in [0.2, 0.25) is 5.02 Å². The average Bonchev–Trinajstić information content (AvgIpc) is 2.74. The van der Waals surface area contributed by atoms with E-state index in [1.165, 1.54) is 36.4 Å². The first-order chi connectivity index (χ1) is 15.1. The maximum atomic E-state index is 13.5. The molecule has 0 saturated carbocycles. The van der Waals surface area contributed by atoms with Gasteiger partial charge in [0.1, 0.15) is 6.54 Å². The van der Waals surface area contributed by atoms with Gasteiger partial charge < -0.3 is 5.32 Å². The van der Waals surface area contributed by atoms with Gasteiger partial charge in [-0.2, -0.15) is 0 Å². The Balaban J connectivity index is 1.98. The topological polar surface area (TPSA) is 110 Å². The van der Waals surface area contributed by atoms with Crippen LogP contribution in [0.3, 0.4) is 0 Å². The number of nitro groups is 1. The normalized spacial score (nSPS) is 11.1. The van der Waals surface area contributed by atoms with E-state index in [2.05, 4.69) is 5.32 Å². The molecule has 0 heterocycles. The molecule has 0 bridgehead atoms. The van der Waals surface area contributed by atoms with Crippen molar-refractivity contribution in [2.75, 3.05) is 16.2 Å². The summed E-state index contributed by atoms with van der Waals surface area (Å²) in [7, 11) is -4.11. The fourth-order valence-electron chi connectivity index (χ4n) is 3.03. The first-order valence-corrected chi connectivity index (χ1v) is 11.3. The summed E-state index contributed by atoms with van der Waals surface area (Å²) in [4.78, 5) is 23.2. The lowest BCUT2D eigenvalue weighted by atomic mass is 10.2. The Morgan fingerprint density at radius 2 is 1.72 bits per heavy atom. The van der Waals surface area contributed by atoms with Crippen molar-refractivity contribution < 1.29 is 18.1 Å². The number of non-ortho nitro benzene ring substituents is 1. The Kier molecular flexibility index (Phi) is 6.81. The molecule has 0 unspecified atom stereocenters. The molecule has 0 saturated heterocycles. The molecule has 0 aliphatic heterocycles. The first-order valence-electron chi connectivity index (χ1n) is 9.48. The van der Waals surface area contributed by atoms with E-state index in [9.17, 15) is 23.3 Å². The molecular formula is C22H20ClN3O5S. The fourth-order valence-corrected chi connectivity index (χ4v) is 4.68. The number of nitro benzene ring substituents is 1. The number of nitrogens with one attached hydrogen (secondary N) is 1. The van der Waals surface area contributed by atoms with Crippen LogP contribution in [-0.4, -0.2) is 25.8 Å². The highest BCUT2D eigenvalue weighted by atomic mass is 35.5. The van der Waals surface area contributed by atoms with Gasteiger partial charge in [0.15, 0.2) is 0 Å². The maximum absolute atomic E-state index is 13.5. The maximum Gasteiger partial charge on any atom is 0.271 e. The lowest BCUT2D eigenvalue weighted by Gasteiger charge is -2.26. The third-order valence-corrected chi connectivity index (χ3v) is 6.93. The van der Waals surface area contributed by atoms with Crippen LogP contribution in [0.4, 0.5) is 17.1 Å². The molecule has 1 N–H and O–H groups in total. The third kappa shape index (κ3) is 5.06. The lowest BCUT2D eigenvalue weighted by molar-refractivity contribution is -0.384. The van der Waals surface area contributed by atoms with Gasteiger partial charge in [0.05, 0.1) is 15.5 Å². The van der Waals surface area contributed by atoms with E-state index in [4.69, 9.17) is 11.6 Å². The highest BCUT2D eigenvalue weighted by Crippen LogP contribution is 2.31. The quantitative estimate of drug-likeness (QED) is 0.395. The molecule has 10 heteroatoms. The minimum Gasteiger partial charge on any atom is -0.324 e. The summed E-state index contributed by atoms with van der Waals surface area (Å²) in [5, 5.41) is 13.9. The standard InChI is InChI=1S/C22H20ClN3O5S/c1-15-9-11-19(12-10-15)32(30,31)25(21-8-4-7-20(23)16(21)2)14-22(27)24-17-5-3-6-18(13-17)26(28)29/h3-13H,14H2,1-2H3,(H,24,27). The zero-order chi connectivity index (χ0) is 23.5. The molecule has 166 valence electrons. The van der Waals surface area contributed by atoms with Crippen LogP contribution in [0.25, 0.3) is 0 Å². The van der Waals surface area contributed by atoms with Gasteiger partial charge in [-0.25, -0.2) is 8.42 Å². The van der Waals surface area contributed by atoms with Gasteiger partial charge >= 0.3 is 0 Å². The van der Waals surface area contributed by atoms with Crippen LogP contribution in [0, 0.1) is 24.0 Å². The lowest BCUT2D eigenvalue weighted by Crippen LogP contribution is -2.38. The molecule has 32 heavy (non-hydrogen) atoms. The molecule has 3 aromatic carbocycles. The summed E-state index contributed by atoms with van der Waals surface area (Å²) < 4.78 is 27.9. The Hall–Kier alpha value is -3.43. The second-order valence-electron chi connectivity index (χ2n) is 7.06. The molecule has 0 aliphatic rings. The summed E-state index contributed by atoms with van der Waals surface area (Å²) in [5.41, 5.74) is 1.62. The summed E-state index contributed by atoms with van der Waals surface area (Å²) in [6, 6.07) is 16.4. The van der Waals surface area contributed by atoms with Crippen molar-refractivity contribution in [1.82, 2.24) is 0 Å². The van der Waals surface area contributed by atoms with Crippen LogP contribution >= 0.6 is 11.6 Å². The van der Waals surface area contributed by atoms with Gasteiger partial charge in [-0.05, 0) is 49.7 Å². The van der Waals surface area contributed by atoms with Crippen molar-refractivity contribution in [2.45, 2.75) is 18.7 Å². The van der Waals surface area contributed by atoms with Crippen molar-refractivity contribution >= 4 is 44.6 Å². The number of anilines is 2. The highest BCUT2D eigenvalue weighted by Gasteiger charge is 2.29. The van der Waals surface area contributed by atoms with Gasteiger partial charge in [0.2, 0.25) is 5.91 Å². The van der Waals surface area contributed by atoms with Crippen molar-refractivity contribution in [1.29, 1.82) is 0 Å². The molecule has 1 amide bonds. The number of amides is 1. The highest BCUT2D eigenvalue weighted by molar-refractivity contribution is 7.92. The first kappa shape index (κ1) is 23.2. The summed E-state index contributed by atoms with van der Waals surface area (Å²) >= 11 is 6.20. The largest absolute Gasteiger partial charge is 0.324 e. The van der Waals surface area contributed by atoms with Gasteiger partial charge in [-0.15, -0.1) is 0 Å². The Morgan fingerprint density at radius 3 is 2.38 bits per heavy atom. The second kappa shape index (κ2) is 9.37. The van der Waals surface area contributed by atoms with E-state index < -0.39 is 27.4 Å². The molecule has 8 nitrogen and oxygen atoms in total. The predicted molar refractivity (Wildman–Crippen MR) is 124 cm³/mol. The number of sulfonamides is 1. The number of carbonyl (C=O) groups excluding carboxylic acids is 1. The Bertz CT molecular complexity index is 1280. The van der Waals surface area contributed by atoms with Crippen LogP contribution in [0.15, 0.2) is 71.6 Å². The van der Waals surface area contributed by atoms with E-state index in [0.717, 1.165) is 9.87 Å². The number of hydrogen-bond donors (Lipinski definition) is 1. The van der Waals surface area contributed by atoms with Gasteiger partial charge in [-0.1, -0.05) is 41.4 Å². The minimum absolute atomic E-state index is 0.0191. The van der Waals surface area contributed by atoms with Crippen LogP contribution in [0.1, 0.15) is 11.1 Å². The summed E-state index contributed by atoms with van der Waals surface area (Å²) in [6.07, 6.45) is 0. The van der Waals surface area contributed by atoms with Gasteiger partial charge in [0.25, 0.3) is 15.7 Å². The molecule has 0 radical (unpaired) electrons. The second-order valence-corrected chi connectivity index (χ2v) is 9.33. The zero-order valence-electron chi connectivity index (χ0n) is 17.3. The van der Waals surface area contributed by atoms with Gasteiger partial charge in [0, 0.05) is 22.8 Å². The third-order valence-electron chi connectivity index (χ3n) is 4.74. The number of hydrogen-bond acceptors (Lipinski definition) is 5. The van der Waals surface area contributed by atoms with Gasteiger partial charge in [-0.3, -0.25) is 19.2 Å². The van der Waals surface area contributed by atoms with Crippen molar-refractivity contribution in [3.05, 3.63) is 93.0 Å². The van der Waals surface area contributed by atoms with Crippen molar-refractivity contribution in [2.24, 2.45) is 0 Å². The van der Waals surface area contributed by atoms with Crippen molar-refractivity contribution in [3.63, 3.8) is 0 Å². The minimum atomic E-state index is -4.11.